The van der Waals surface area contributed by atoms with Crippen molar-refractivity contribution in [2.45, 2.75) is 0 Å². The van der Waals surface area contributed by atoms with Crippen LogP contribution in [-0.2, 0) is 0 Å². The molecule has 0 fully saturated rings. The predicted molar refractivity (Wildman–Crippen MR) is 207 cm³/mol. The Kier molecular flexibility index (Phi) is 7.63. The number of nitrogens with zero attached hydrogens (tertiary/aromatic N) is 4. The summed E-state index contributed by atoms with van der Waals surface area (Å²) in [5.41, 5.74) is 5.30. The summed E-state index contributed by atoms with van der Waals surface area (Å²) in [5, 5.41) is 16.4. The van der Waals surface area contributed by atoms with Crippen LogP contribution >= 0.6 is 0 Å². The smallest absolute Gasteiger partial charge is 0.218 e. The molecule has 1 aromatic heterocycles. The molecule has 8 aromatic rings. The number of hydrogen-bond donors (Lipinski definition) is 0. The first-order chi connectivity index (χ1) is 24.7. The lowest BCUT2D eigenvalue weighted by Gasteiger charge is -2.36. The van der Waals surface area contributed by atoms with Crippen molar-refractivity contribution in [2.75, 3.05) is 0 Å². The fraction of sp³-hybridized carbons (Fsp3) is 0. The molecule has 8 rings (SSSR count). The summed E-state index contributed by atoms with van der Waals surface area (Å²) < 4.78 is 2.06. The van der Waals surface area contributed by atoms with E-state index in [2.05, 4.69) is 130 Å². The zero-order chi connectivity index (χ0) is 34.1. The van der Waals surface area contributed by atoms with Crippen molar-refractivity contribution in [3.05, 3.63) is 198 Å². The summed E-state index contributed by atoms with van der Waals surface area (Å²) in [6.45, 7) is 17.0. The second-order valence-corrected chi connectivity index (χ2v) is 15.9. The molecular weight excluding hydrogens is 625 g/mol. The molecule has 7 aromatic carbocycles. The van der Waals surface area contributed by atoms with Gasteiger partial charge in [0.15, 0.2) is 8.07 Å². The van der Waals surface area contributed by atoms with Crippen LogP contribution in [0.4, 0.5) is 11.4 Å². The third-order valence-corrected chi connectivity index (χ3v) is 14.5. The van der Waals surface area contributed by atoms with Crippen molar-refractivity contribution in [1.29, 1.82) is 5.26 Å². The van der Waals surface area contributed by atoms with E-state index in [1.165, 1.54) is 15.6 Å². The molecule has 0 saturated heterocycles. The van der Waals surface area contributed by atoms with E-state index < -0.39 is 8.07 Å². The molecule has 4 nitrogen and oxygen atoms in total. The summed E-state index contributed by atoms with van der Waals surface area (Å²) in [6.07, 6.45) is 0. The third kappa shape index (κ3) is 4.64. The van der Waals surface area contributed by atoms with Gasteiger partial charge in [0.2, 0.25) is 11.4 Å². The highest BCUT2D eigenvalue weighted by molar-refractivity contribution is 7.20. The molecule has 0 aliphatic heterocycles. The first kappa shape index (κ1) is 30.4. The highest BCUT2D eigenvalue weighted by atomic mass is 28.3. The maximum absolute atomic E-state index is 9.65. The van der Waals surface area contributed by atoms with Gasteiger partial charge < -0.3 is 4.57 Å². The van der Waals surface area contributed by atoms with Crippen molar-refractivity contribution >= 4 is 62.0 Å². The van der Waals surface area contributed by atoms with Gasteiger partial charge in [0.1, 0.15) is 0 Å². The summed E-state index contributed by atoms with van der Waals surface area (Å²) in [7, 11) is -2.95. The number of fused-ring (bicyclic) bond motifs is 3. The van der Waals surface area contributed by atoms with Crippen molar-refractivity contribution in [3.63, 3.8) is 0 Å². The van der Waals surface area contributed by atoms with E-state index in [4.69, 9.17) is 13.1 Å². The summed E-state index contributed by atoms with van der Waals surface area (Å²) in [6, 6.07) is 60.5. The highest BCUT2D eigenvalue weighted by Gasteiger charge is 2.43. The van der Waals surface area contributed by atoms with Gasteiger partial charge in [0.25, 0.3) is 0 Å². The van der Waals surface area contributed by atoms with E-state index in [-0.39, 0.29) is 0 Å². The van der Waals surface area contributed by atoms with E-state index in [9.17, 15) is 5.26 Å². The van der Waals surface area contributed by atoms with Crippen LogP contribution in [-0.4, -0.2) is 12.6 Å². The van der Waals surface area contributed by atoms with Gasteiger partial charge in [-0.1, -0.05) is 146 Å². The molecule has 0 bridgehead atoms. The Morgan fingerprint density at radius 2 is 1.04 bits per heavy atom. The van der Waals surface area contributed by atoms with E-state index in [0.717, 1.165) is 38.1 Å². The number of para-hydroxylation sites is 1. The quantitative estimate of drug-likeness (QED) is 0.101. The highest BCUT2D eigenvalue weighted by Crippen LogP contribution is 2.45. The van der Waals surface area contributed by atoms with Crippen molar-refractivity contribution in [1.82, 2.24) is 4.57 Å². The van der Waals surface area contributed by atoms with Crippen LogP contribution in [0.2, 0.25) is 0 Å². The van der Waals surface area contributed by atoms with Crippen LogP contribution in [0.25, 0.3) is 48.3 Å². The lowest BCUT2D eigenvalue weighted by molar-refractivity contribution is 1.19. The molecule has 0 spiro atoms. The second kappa shape index (κ2) is 12.6. The van der Waals surface area contributed by atoms with E-state index >= 15 is 0 Å². The lowest BCUT2D eigenvalue weighted by Crippen LogP contribution is -2.75. The van der Waals surface area contributed by atoms with Gasteiger partial charge in [-0.3, -0.25) is 0 Å². The number of benzene rings is 7. The number of rotatable bonds is 6. The molecule has 0 unspecified atom stereocenters. The van der Waals surface area contributed by atoms with Gasteiger partial charge in [-0.2, -0.15) is 5.26 Å². The SMILES string of the molecule is [C-]#[N+]c1c(-c2ccccc2[Si](c2ccccc2)(c2ccccc2)c2ccccc2)ccc(-n2c3ccccc3c3cc(C#N)ccc32)c1[N+]#[C-]. The Morgan fingerprint density at radius 1 is 0.500 bits per heavy atom. The molecule has 0 aliphatic rings. The minimum atomic E-state index is -2.95. The predicted octanol–water partition coefficient (Wildman–Crippen LogP) is 8.80. The molecule has 232 valence electrons. The van der Waals surface area contributed by atoms with Gasteiger partial charge in [0, 0.05) is 16.5 Å². The number of hydrogen-bond acceptors (Lipinski definition) is 1. The topological polar surface area (TPSA) is 37.4 Å². The van der Waals surface area contributed by atoms with Crippen LogP contribution in [0.1, 0.15) is 5.56 Å². The monoisotopic (exact) mass is 652 g/mol. The van der Waals surface area contributed by atoms with Crippen molar-refractivity contribution < 1.29 is 0 Å². The number of aromatic nitrogens is 1. The van der Waals surface area contributed by atoms with E-state index in [1.54, 1.807) is 6.07 Å². The Bertz CT molecular complexity index is 2580. The minimum Gasteiger partial charge on any atom is -0.320 e. The van der Waals surface area contributed by atoms with Crippen LogP contribution in [0.3, 0.4) is 0 Å². The zero-order valence-corrected chi connectivity index (χ0v) is 28.0. The molecule has 0 radical (unpaired) electrons. The fourth-order valence-electron chi connectivity index (χ4n) is 7.57. The van der Waals surface area contributed by atoms with Gasteiger partial charge >= 0.3 is 0 Å². The van der Waals surface area contributed by atoms with Gasteiger partial charge in [-0.25, -0.2) is 9.69 Å². The fourth-order valence-corrected chi connectivity index (χ4v) is 12.5. The van der Waals surface area contributed by atoms with Crippen molar-refractivity contribution in [3.8, 4) is 22.9 Å². The minimum absolute atomic E-state index is 0.297. The largest absolute Gasteiger partial charge is 0.320 e. The molecule has 1 heterocycles. The molecule has 0 saturated carbocycles. The average Bonchev–Trinajstić information content (AvgIpc) is 3.52. The number of nitriles is 1. The van der Waals surface area contributed by atoms with Gasteiger partial charge in [-0.05, 0) is 56.1 Å². The normalized spacial score (nSPS) is 11.1. The second-order valence-electron chi connectivity index (χ2n) is 12.1. The van der Waals surface area contributed by atoms with Crippen LogP contribution in [0.5, 0.6) is 0 Å². The maximum Gasteiger partial charge on any atom is 0.218 e. The van der Waals surface area contributed by atoms with Crippen molar-refractivity contribution in [2.24, 2.45) is 0 Å². The molecular formula is C45H28N4Si. The zero-order valence-electron chi connectivity index (χ0n) is 27.0. The third-order valence-electron chi connectivity index (χ3n) is 9.64. The van der Waals surface area contributed by atoms with Crippen LogP contribution in [0.15, 0.2) is 170 Å². The Labute approximate surface area is 292 Å². The molecule has 0 atom stereocenters. The average molecular weight is 653 g/mol. The molecule has 0 N–H and O–H groups in total. The molecule has 0 aliphatic carbocycles. The molecule has 0 amide bonds. The summed E-state index contributed by atoms with van der Waals surface area (Å²) in [4.78, 5) is 8.18. The summed E-state index contributed by atoms with van der Waals surface area (Å²) in [5.74, 6) is 0. The van der Waals surface area contributed by atoms with Crippen LogP contribution in [0, 0.1) is 24.5 Å². The van der Waals surface area contributed by atoms with Gasteiger partial charge in [-0.15, -0.1) is 0 Å². The molecule has 50 heavy (non-hydrogen) atoms. The Morgan fingerprint density at radius 3 is 1.64 bits per heavy atom. The Balaban J connectivity index is 1.45. The first-order valence-corrected chi connectivity index (χ1v) is 18.3. The van der Waals surface area contributed by atoms with Crippen LogP contribution < -0.4 is 20.7 Å². The summed E-state index contributed by atoms with van der Waals surface area (Å²) >= 11 is 0. The van der Waals surface area contributed by atoms with Gasteiger partial charge in [0.05, 0.1) is 35.8 Å². The first-order valence-electron chi connectivity index (χ1n) is 16.3. The van der Waals surface area contributed by atoms with E-state index in [1.807, 2.05) is 54.6 Å². The lowest BCUT2D eigenvalue weighted by atomic mass is 10.0. The van der Waals surface area contributed by atoms with E-state index in [0.29, 0.717) is 22.6 Å². The maximum atomic E-state index is 9.65. The Hall–Kier alpha value is -6.97. The standard InChI is InChI=1S/C45H28N4Si/c1-47-44-38(27-29-42(45(44)48-2)49-40-24-14-12-22-36(40)39-30-32(31-46)26-28-41(39)49)37-23-13-15-25-43(37)50(33-16-6-3-7-17-33,34-18-8-4-9-19-34)35-20-10-5-11-21-35/h3-30H. The molecule has 5 heteroatoms.